The van der Waals surface area contributed by atoms with Crippen LogP contribution in [0.2, 0.25) is 5.02 Å². The first kappa shape index (κ1) is 22.8. The smallest absolute Gasteiger partial charge is 0.253 e. The predicted molar refractivity (Wildman–Crippen MR) is 128 cm³/mol. The van der Waals surface area contributed by atoms with E-state index in [1.165, 1.54) is 12.0 Å². The summed E-state index contributed by atoms with van der Waals surface area (Å²) in [5.74, 6) is 0.401. The van der Waals surface area contributed by atoms with Crippen LogP contribution < -0.4 is 5.32 Å². The molecular weight excluding hydrogens is 422 g/mol. The van der Waals surface area contributed by atoms with E-state index in [9.17, 15) is 9.59 Å². The fraction of sp³-hybridized carbons (Fsp3) is 0.462. The molecule has 170 valence electrons. The first-order chi connectivity index (χ1) is 15.6. The molecular formula is C26H32ClN3O2. The van der Waals surface area contributed by atoms with Gasteiger partial charge in [0.05, 0.1) is 5.92 Å². The molecule has 2 aromatic carbocycles. The highest BCUT2D eigenvalue weighted by atomic mass is 35.5. The first-order valence-corrected chi connectivity index (χ1v) is 12.0. The topological polar surface area (TPSA) is 52.7 Å². The minimum atomic E-state index is -0.135. The second kappa shape index (κ2) is 11.0. The standard InChI is InChI=1S/C26H32ClN3O2/c27-24-12-10-22(11-13-24)26(32)30-15-5-9-23(19-30)25(31)28-16-21-8-4-14-29(18-21)17-20-6-2-1-3-7-20/h1-3,6-7,10-13,21,23H,4-5,8-9,14-19H2,(H,28,31). The molecule has 0 aliphatic carbocycles. The van der Waals surface area contributed by atoms with Crippen LogP contribution in [0.25, 0.3) is 0 Å². The average molecular weight is 454 g/mol. The fourth-order valence-electron chi connectivity index (χ4n) is 4.84. The molecule has 2 heterocycles. The monoisotopic (exact) mass is 453 g/mol. The summed E-state index contributed by atoms with van der Waals surface area (Å²) in [4.78, 5) is 30.0. The third kappa shape index (κ3) is 6.11. The number of likely N-dealkylation sites (tertiary alicyclic amines) is 2. The number of piperidine rings is 2. The number of benzene rings is 2. The maximum Gasteiger partial charge on any atom is 0.253 e. The van der Waals surface area contributed by atoms with Gasteiger partial charge in [0.1, 0.15) is 0 Å². The third-order valence-corrected chi connectivity index (χ3v) is 6.84. The zero-order valence-electron chi connectivity index (χ0n) is 18.5. The second-order valence-electron chi connectivity index (χ2n) is 9.07. The molecule has 0 spiro atoms. The Bertz CT molecular complexity index is 903. The Morgan fingerprint density at radius 2 is 1.69 bits per heavy atom. The molecule has 2 saturated heterocycles. The lowest BCUT2D eigenvalue weighted by Crippen LogP contribution is -2.47. The van der Waals surface area contributed by atoms with E-state index >= 15 is 0 Å². The van der Waals surface area contributed by atoms with Crippen LogP contribution in [0.4, 0.5) is 0 Å². The molecule has 32 heavy (non-hydrogen) atoms. The molecule has 2 unspecified atom stereocenters. The van der Waals surface area contributed by atoms with Crippen molar-refractivity contribution in [1.29, 1.82) is 0 Å². The van der Waals surface area contributed by atoms with Crippen LogP contribution in [-0.4, -0.2) is 54.3 Å². The third-order valence-electron chi connectivity index (χ3n) is 6.59. The fourth-order valence-corrected chi connectivity index (χ4v) is 4.97. The first-order valence-electron chi connectivity index (χ1n) is 11.7. The second-order valence-corrected chi connectivity index (χ2v) is 9.51. The molecule has 5 nitrogen and oxygen atoms in total. The lowest BCUT2D eigenvalue weighted by Gasteiger charge is -2.34. The Labute approximate surface area is 195 Å². The van der Waals surface area contributed by atoms with Gasteiger partial charge in [-0.05, 0) is 68.0 Å². The van der Waals surface area contributed by atoms with Crippen molar-refractivity contribution in [3.63, 3.8) is 0 Å². The van der Waals surface area contributed by atoms with Gasteiger partial charge in [0, 0.05) is 43.3 Å². The SMILES string of the molecule is O=C(NCC1CCCN(Cc2ccccc2)C1)C1CCCN(C(=O)c2ccc(Cl)cc2)C1. The lowest BCUT2D eigenvalue weighted by atomic mass is 9.94. The van der Waals surface area contributed by atoms with E-state index in [1.807, 2.05) is 6.07 Å². The van der Waals surface area contributed by atoms with Gasteiger partial charge >= 0.3 is 0 Å². The van der Waals surface area contributed by atoms with Crippen molar-refractivity contribution < 1.29 is 9.59 Å². The zero-order chi connectivity index (χ0) is 22.3. The quantitative estimate of drug-likeness (QED) is 0.712. The molecule has 2 aliphatic heterocycles. The maximum absolute atomic E-state index is 12.9. The summed E-state index contributed by atoms with van der Waals surface area (Å²) in [6, 6.07) is 17.5. The average Bonchev–Trinajstić information content (AvgIpc) is 2.83. The minimum Gasteiger partial charge on any atom is -0.355 e. The Hall–Kier alpha value is -2.37. The van der Waals surface area contributed by atoms with E-state index in [4.69, 9.17) is 11.6 Å². The van der Waals surface area contributed by atoms with Gasteiger partial charge in [-0.1, -0.05) is 41.9 Å². The van der Waals surface area contributed by atoms with Gasteiger partial charge in [-0.2, -0.15) is 0 Å². The van der Waals surface area contributed by atoms with Crippen molar-refractivity contribution in [3.8, 4) is 0 Å². The van der Waals surface area contributed by atoms with Gasteiger partial charge in [-0.3, -0.25) is 14.5 Å². The highest BCUT2D eigenvalue weighted by Gasteiger charge is 2.29. The predicted octanol–water partition coefficient (Wildman–Crippen LogP) is 4.22. The molecule has 4 rings (SSSR count). The number of hydrogen-bond acceptors (Lipinski definition) is 3. The molecule has 0 bridgehead atoms. The van der Waals surface area contributed by atoms with Crippen molar-refractivity contribution in [2.75, 3.05) is 32.7 Å². The largest absolute Gasteiger partial charge is 0.355 e. The Morgan fingerprint density at radius 1 is 0.938 bits per heavy atom. The number of rotatable bonds is 6. The van der Waals surface area contributed by atoms with Crippen LogP contribution in [0.3, 0.4) is 0 Å². The molecule has 2 aromatic rings. The number of nitrogens with one attached hydrogen (secondary N) is 1. The summed E-state index contributed by atoms with van der Waals surface area (Å²) in [6.07, 6.45) is 4.00. The van der Waals surface area contributed by atoms with Crippen LogP contribution in [0.15, 0.2) is 54.6 Å². The van der Waals surface area contributed by atoms with Gasteiger partial charge in [-0.15, -0.1) is 0 Å². The highest BCUT2D eigenvalue weighted by molar-refractivity contribution is 6.30. The molecule has 2 atom stereocenters. The van der Waals surface area contributed by atoms with Crippen LogP contribution in [0.5, 0.6) is 0 Å². The highest BCUT2D eigenvalue weighted by Crippen LogP contribution is 2.21. The Morgan fingerprint density at radius 3 is 2.47 bits per heavy atom. The lowest BCUT2D eigenvalue weighted by molar-refractivity contribution is -0.126. The summed E-state index contributed by atoms with van der Waals surface area (Å²) >= 11 is 5.93. The summed E-state index contributed by atoms with van der Waals surface area (Å²) in [5.41, 5.74) is 1.96. The van der Waals surface area contributed by atoms with Gasteiger partial charge < -0.3 is 10.2 Å². The van der Waals surface area contributed by atoms with E-state index in [0.29, 0.717) is 36.1 Å². The van der Waals surface area contributed by atoms with Gasteiger partial charge in [0.25, 0.3) is 5.91 Å². The molecule has 0 saturated carbocycles. The van der Waals surface area contributed by atoms with Crippen molar-refractivity contribution in [2.24, 2.45) is 11.8 Å². The normalized spacial score (nSPS) is 21.8. The zero-order valence-corrected chi connectivity index (χ0v) is 19.3. The van der Waals surface area contributed by atoms with E-state index in [0.717, 1.165) is 38.9 Å². The molecule has 2 aliphatic rings. The number of hydrogen-bond donors (Lipinski definition) is 1. The van der Waals surface area contributed by atoms with Crippen molar-refractivity contribution in [2.45, 2.75) is 32.2 Å². The minimum absolute atomic E-state index is 0.0250. The van der Waals surface area contributed by atoms with Gasteiger partial charge in [0.15, 0.2) is 0 Å². The summed E-state index contributed by atoms with van der Waals surface area (Å²) < 4.78 is 0. The summed E-state index contributed by atoms with van der Waals surface area (Å²) in [6.45, 7) is 4.99. The maximum atomic E-state index is 12.9. The number of carbonyl (C=O) groups excluding carboxylic acids is 2. The van der Waals surface area contributed by atoms with Crippen molar-refractivity contribution >= 4 is 23.4 Å². The van der Waals surface area contributed by atoms with E-state index < -0.39 is 0 Å². The van der Waals surface area contributed by atoms with E-state index in [2.05, 4.69) is 34.5 Å². The molecule has 2 fully saturated rings. The Kier molecular flexibility index (Phi) is 7.82. The number of halogens is 1. The van der Waals surface area contributed by atoms with Crippen LogP contribution >= 0.6 is 11.6 Å². The van der Waals surface area contributed by atoms with Crippen molar-refractivity contribution in [1.82, 2.24) is 15.1 Å². The van der Waals surface area contributed by atoms with Crippen LogP contribution in [-0.2, 0) is 11.3 Å². The molecule has 2 amide bonds. The molecule has 6 heteroatoms. The summed E-state index contributed by atoms with van der Waals surface area (Å²) in [7, 11) is 0. The molecule has 0 aromatic heterocycles. The van der Waals surface area contributed by atoms with Crippen LogP contribution in [0, 0.1) is 11.8 Å². The number of nitrogens with zero attached hydrogens (tertiary/aromatic N) is 2. The molecule has 0 radical (unpaired) electrons. The van der Waals surface area contributed by atoms with Gasteiger partial charge in [0.2, 0.25) is 5.91 Å². The van der Waals surface area contributed by atoms with Gasteiger partial charge in [-0.25, -0.2) is 0 Å². The van der Waals surface area contributed by atoms with Crippen molar-refractivity contribution in [3.05, 3.63) is 70.7 Å². The number of amides is 2. The summed E-state index contributed by atoms with van der Waals surface area (Å²) in [5, 5.41) is 3.81. The van der Waals surface area contributed by atoms with Crippen LogP contribution in [0.1, 0.15) is 41.6 Å². The Balaban J connectivity index is 1.25. The molecule has 1 N–H and O–H groups in total. The van der Waals surface area contributed by atoms with E-state index in [-0.39, 0.29) is 17.7 Å². The van der Waals surface area contributed by atoms with E-state index in [1.54, 1.807) is 29.2 Å². The number of carbonyl (C=O) groups is 2.